The second kappa shape index (κ2) is 7.05. The van der Waals surface area contributed by atoms with Gasteiger partial charge in [-0.2, -0.15) is 0 Å². The Morgan fingerprint density at radius 2 is 1.92 bits per heavy atom. The fourth-order valence-electron chi connectivity index (χ4n) is 0.490. The van der Waals surface area contributed by atoms with Gasteiger partial charge in [0.05, 0.1) is 6.61 Å². The Hall–Kier alpha value is 0.701. The summed E-state index contributed by atoms with van der Waals surface area (Å²) in [6.45, 7) is -1.27. The van der Waals surface area contributed by atoms with Crippen molar-refractivity contribution in [3.8, 4) is 0 Å². The summed E-state index contributed by atoms with van der Waals surface area (Å²) in [6.07, 6.45) is -0.344. The van der Waals surface area contributed by atoms with E-state index in [4.69, 9.17) is 0 Å². The van der Waals surface area contributed by atoms with Gasteiger partial charge in [0.25, 0.3) is 0 Å². The minimum Gasteiger partial charge on any atom is -0.466 e. The fraction of sp³-hybridized carbons (Fsp3) is 0.500. The number of hydrogen-bond acceptors (Lipinski definition) is 2. The van der Waals surface area contributed by atoms with Gasteiger partial charge in [-0.3, -0.25) is 4.79 Å². The predicted molar refractivity (Wildman–Crippen MR) is 39.5 cm³/mol. The van der Waals surface area contributed by atoms with Crippen molar-refractivity contribution in [3.63, 3.8) is 0 Å². The average Bonchev–Trinajstić information content (AvgIpc) is 1.84. The summed E-state index contributed by atoms with van der Waals surface area (Å²) in [5.41, 5.74) is -0.823. The van der Waals surface area contributed by atoms with Crippen LogP contribution in [0.2, 0.25) is 0 Å². The van der Waals surface area contributed by atoms with Crippen LogP contribution < -0.4 is 51.4 Å². The van der Waals surface area contributed by atoms with Crippen molar-refractivity contribution in [2.24, 2.45) is 0 Å². The van der Waals surface area contributed by atoms with E-state index in [0.29, 0.717) is 0 Å². The molecule has 0 spiro atoms. The molecular formula is C6H9BF3KO2. The van der Waals surface area contributed by atoms with Gasteiger partial charge in [-0.05, 0) is 6.42 Å². The van der Waals surface area contributed by atoms with E-state index in [9.17, 15) is 17.7 Å². The maximum atomic E-state index is 11.8. The molecule has 0 aromatic heterocycles. The van der Waals surface area contributed by atoms with E-state index in [2.05, 4.69) is 11.3 Å². The molecule has 0 aliphatic carbocycles. The molecule has 13 heavy (non-hydrogen) atoms. The van der Waals surface area contributed by atoms with Crippen LogP contribution in [0.3, 0.4) is 0 Å². The van der Waals surface area contributed by atoms with Crippen LogP contribution in [0.25, 0.3) is 0 Å². The first-order valence-corrected chi connectivity index (χ1v) is 3.35. The minimum absolute atomic E-state index is 0. The van der Waals surface area contributed by atoms with Crippen LogP contribution in [-0.2, 0) is 9.53 Å². The molecule has 0 aliphatic rings. The van der Waals surface area contributed by atoms with Gasteiger partial charge < -0.3 is 17.7 Å². The molecule has 0 N–H and O–H groups in total. The molecule has 0 rings (SSSR count). The zero-order valence-corrected chi connectivity index (χ0v) is 10.8. The first-order chi connectivity index (χ1) is 5.34. The summed E-state index contributed by atoms with van der Waals surface area (Å²) < 4.78 is 39.7. The molecule has 0 aromatic carbocycles. The maximum absolute atomic E-state index is 11.8. The molecule has 0 amide bonds. The molecule has 0 aliphatic heterocycles. The van der Waals surface area contributed by atoms with E-state index in [1.54, 1.807) is 0 Å². The van der Waals surface area contributed by atoms with E-state index in [1.165, 1.54) is 0 Å². The molecule has 70 valence electrons. The van der Waals surface area contributed by atoms with Gasteiger partial charge in [0.15, 0.2) is 0 Å². The topological polar surface area (TPSA) is 26.3 Å². The van der Waals surface area contributed by atoms with Gasteiger partial charge in [0, 0.05) is 6.92 Å². The Morgan fingerprint density at radius 3 is 2.23 bits per heavy atom. The van der Waals surface area contributed by atoms with E-state index >= 15 is 0 Å². The van der Waals surface area contributed by atoms with Crippen LogP contribution in [0.4, 0.5) is 12.9 Å². The summed E-state index contributed by atoms with van der Waals surface area (Å²) in [4.78, 5) is 10.1. The van der Waals surface area contributed by atoms with Crippen LogP contribution in [-0.4, -0.2) is 19.6 Å². The third-order valence-electron chi connectivity index (χ3n) is 1.19. The summed E-state index contributed by atoms with van der Waals surface area (Å²) in [7, 11) is 0. The third-order valence-corrected chi connectivity index (χ3v) is 1.19. The van der Waals surface area contributed by atoms with Crippen molar-refractivity contribution < 1.29 is 73.9 Å². The van der Waals surface area contributed by atoms with E-state index in [0.717, 1.165) is 6.92 Å². The number of carbonyl (C=O) groups excluding carboxylic acids is 1. The first-order valence-electron chi connectivity index (χ1n) is 3.35. The Bertz CT molecular complexity index is 193. The van der Waals surface area contributed by atoms with Gasteiger partial charge in [0.2, 0.25) is 0 Å². The molecule has 0 saturated heterocycles. The van der Waals surface area contributed by atoms with E-state index in [1.807, 2.05) is 0 Å². The van der Waals surface area contributed by atoms with Crippen LogP contribution in [0.15, 0.2) is 12.1 Å². The molecule has 0 saturated carbocycles. The van der Waals surface area contributed by atoms with Gasteiger partial charge in [-0.25, -0.2) is 0 Å². The maximum Gasteiger partial charge on any atom is 1.00 e. The smallest absolute Gasteiger partial charge is 0.466 e. The van der Waals surface area contributed by atoms with Gasteiger partial charge in [-0.1, -0.05) is 0 Å². The molecule has 0 radical (unpaired) electrons. The molecule has 0 bridgehead atoms. The summed E-state index contributed by atoms with van der Waals surface area (Å²) in [5.74, 6) is -0.586. The number of hydrogen-bond donors (Lipinski definition) is 0. The fourth-order valence-corrected chi connectivity index (χ4v) is 0.490. The van der Waals surface area contributed by atoms with Gasteiger partial charge in [0.1, 0.15) is 0 Å². The Labute approximate surface area is 117 Å². The Kier molecular flexibility index (Phi) is 8.76. The summed E-state index contributed by atoms with van der Waals surface area (Å²) in [5, 5.41) is 0. The number of carbonyl (C=O) groups is 1. The van der Waals surface area contributed by atoms with Crippen molar-refractivity contribution >= 4 is 12.9 Å². The van der Waals surface area contributed by atoms with Crippen molar-refractivity contribution in [2.75, 3.05) is 6.61 Å². The minimum atomic E-state index is -4.99. The first kappa shape index (κ1) is 16.1. The standard InChI is InChI=1S/C6H9BF3O2.K/c1-5(7(8,9)10)3-4-12-6(2)11;/h1,3-4H2,2H3;/q-1;+1. The van der Waals surface area contributed by atoms with Crippen LogP contribution in [0.1, 0.15) is 13.3 Å². The molecule has 0 unspecified atom stereocenters. The number of esters is 1. The van der Waals surface area contributed by atoms with Gasteiger partial charge >= 0.3 is 64.3 Å². The zero-order valence-electron chi connectivity index (χ0n) is 7.65. The van der Waals surface area contributed by atoms with Crippen molar-refractivity contribution in [2.45, 2.75) is 13.3 Å². The summed E-state index contributed by atoms with van der Waals surface area (Å²) in [6, 6.07) is 0. The predicted octanol–water partition coefficient (Wildman–Crippen LogP) is -1.11. The SMILES string of the molecule is C=C(CCOC(C)=O)[B-](F)(F)F.[K+]. The van der Waals surface area contributed by atoms with Gasteiger partial charge in [-0.15, -0.1) is 12.1 Å². The zero-order chi connectivity index (χ0) is 9.78. The second-order valence-electron chi connectivity index (χ2n) is 2.32. The number of rotatable bonds is 4. The Morgan fingerprint density at radius 1 is 1.46 bits per heavy atom. The van der Waals surface area contributed by atoms with Crippen molar-refractivity contribution in [1.82, 2.24) is 0 Å². The molecular weight excluding hydrogens is 211 g/mol. The quantitative estimate of drug-likeness (QED) is 0.443. The second-order valence-corrected chi connectivity index (χ2v) is 2.32. The van der Waals surface area contributed by atoms with Crippen LogP contribution in [0.5, 0.6) is 0 Å². The largest absolute Gasteiger partial charge is 1.00 e. The molecule has 0 aromatic rings. The van der Waals surface area contributed by atoms with Crippen LogP contribution >= 0.6 is 0 Å². The molecule has 2 nitrogen and oxygen atoms in total. The Balaban J connectivity index is 0. The monoisotopic (exact) mass is 220 g/mol. The molecule has 0 fully saturated rings. The third kappa shape index (κ3) is 9.02. The van der Waals surface area contributed by atoms with E-state index in [-0.39, 0.29) is 64.4 Å². The normalized spacial score (nSPS) is 10.2. The molecule has 7 heteroatoms. The summed E-state index contributed by atoms with van der Waals surface area (Å²) >= 11 is 0. The molecule has 0 heterocycles. The molecule has 0 atom stereocenters. The number of halogens is 3. The van der Waals surface area contributed by atoms with Crippen LogP contribution in [0, 0.1) is 0 Å². The number of ether oxygens (including phenoxy) is 1. The average molecular weight is 220 g/mol. The van der Waals surface area contributed by atoms with Crippen molar-refractivity contribution in [1.29, 1.82) is 0 Å². The van der Waals surface area contributed by atoms with E-state index < -0.39 is 18.4 Å². The van der Waals surface area contributed by atoms with Crippen molar-refractivity contribution in [3.05, 3.63) is 12.1 Å².